The summed E-state index contributed by atoms with van der Waals surface area (Å²) in [6.45, 7) is 4.64. The van der Waals surface area contributed by atoms with Crippen LogP contribution in [0.15, 0.2) is 24.3 Å². The molecule has 0 fully saturated rings. The Kier molecular flexibility index (Phi) is 6.10. The van der Waals surface area contributed by atoms with E-state index in [-0.39, 0.29) is 0 Å². The first-order valence-corrected chi connectivity index (χ1v) is 6.89. The highest BCUT2D eigenvalue weighted by Crippen LogP contribution is 2.18. The zero-order valence-corrected chi connectivity index (χ0v) is 11.9. The van der Waals surface area contributed by atoms with E-state index in [0.29, 0.717) is 0 Å². The Morgan fingerprint density at radius 1 is 1.06 bits per heavy atom. The zero-order chi connectivity index (χ0) is 12.7. The fourth-order valence-corrected chi connectivity index (χ4v) is 2.18. The van der Waals surface area contributed by atoms with Crippen LogP contribution < -0.4 is 4.90 Å². The molecule has 1 rings (SSSR count). The normalized spacial score (nSPS) is 12.5. The van der Waals surface area contributed by atoms with Crippen molar-refractivity contribution in [1.82, 2.24) is 0 Å². The maximum atomic E-state index is 2.37. The SMILES string of the molecule is CCCCCC(C)Cc1ccc(N(C)C)cc1. The average Bonchev–Trinajstić information content (AvgIpc) is 2.30. The van der Waals surface area contributed by atoms with Crippen molar-refractivity contribution in [2.24, 2.45) is 5.92 Å². The molecule has 0 N–H and O–H groups in total. The Morgan fingerprint density at radius 3 is 2.24 bits per heavy atom. The van der Waals surface area contributed by atoms with Gasteiger partial charge in [0.25, 0.3) is 0 Å². The summed E-state index contributed by atoms with van der Waals surface area (Å²) in [6.07, 6.45) is 6.67. The van der Waals surface area contributed by atoms with E-state index in [4.69, 9.17) is 0 Å². The maximum Gasteiger partial charge on any atom is 0.0361 e. The van der Waals surface area contributed by atoms with Gasteiger partial charge in [0.1, 0.15) is 0 Å². The van der Waals surface area contributed by atoms with Crippen LogP contribution in [-0.4, -0.2) is 14.1 Å². The number of hydrogen-bond donors (Lipinski definition) is 0. The third kappa shape index (κ3) is 5.25. The Hall–Kier alpha value is -0.980. The van der Waals surface area contributed by atoms with Gasteiger partial charge < -0.3 is 4.90 Å². The predicted molar refractivity (Wildman–Crippen MR) is 77.8 cm³/mol. The summed E-state index contributed by atoms with van der Waals surface area (Å²) in [7, 11) is 4.17. The van der Waals surface area contributed by atoms with Gasteiger partial charge >= 0.3 is 0 Å². The van der Waals surface area contributed by atoms with Crippen LogP contribution in [0.25, 0.3) is 0 Å². The highest BCUT2D eigenvalue weighted by Gasteiger charge is 2.04. The number of benzene rings is 1. The van der Waals surface area contributed by atoms with Crippen molar-refractivity contribution >= 4 is 5.69 Å². The maximum absolute atomic E-state index is 2.37. The summed E-state index contributed by atoms with van der Waals surface area (Å²) in [6, 6.07) is 8.97. The van der Waals surface area contributed by atoms with Gasteiger partial charge in [0.15, 0.2) is 0 Å². The van der Waals surface area contributed by atoms with Gasteiger partial charge in [-0.25, -0.2) is 0 Å². The second kappa shape index (κ2) is 7.37. The smallest absolute Gasteiger partial charge is 0.0361 e. The van der Waals surface area contributed by atoms with Crippen molar-refractivity contribution < 1.29 is 0 Å². The minimum absolute atomic E-state index is 0.812. The van der Waals surface area contributed by atoms with Crippen LogP contribution in [0.2, 0.25) is 0 Å². The molecule has 17 heavy (non-hydrogen) atoms. The predicted octanol–water partition coefficient (Wildman–Crippen LogP) is 4.51. The number of hydrogen-bond acceptors (Lipinski definition) is 1. The summed E-state index contributed by atoms with van der Waals surface area (Å²) < 4.78 is 0. The molecule has 1 unspecified atom stereocenters. The molecule has 96 valence electrons. The molecule has 1 aromatic rings. The average molecular weight is 233 g/mol. The van der Waals surface area contributed by atoms with Crippen molar-refractivity contribution in [3.63, 3.8) is 0 Å². The largest absolute Gasteiger partial charge is 0.378 e. The molecule has 0 saturated carbocycles. The summed E-state index contributed by atoms with van der Waals surface area (Å²) in [4.78, 5) is 2.15. The van der Waals surface area contributed by atoms with E-state index in [1.165, 1.54) is 43.4 Å². The number of nitrogens with zero attached hydrogens (tertiary/aromatic N) is 1. The van der Waals surface area contributed by atoms with Crippen LogP contribution in [0.3, 0.4) is 0 Å². The van der Waals surface area contributed by atoms with Crippen LogP contribution in [-0.2, 0) is 6.42 Å². The van der Waals surface area contributed by atoms with Crippen molar-refractivity contribution in [3.8, 4) is 0 Å². The van der Waals surface area contributed by atoms with E-state index >= 15 is 0 Å². The molecule has 0 heterocycles. The van der Waals surface area contributed by atoms with Crippen LogP contribution in [0.4, 0.5) is 5.69 Å². The summed E-state index contributed by atoms with van der Waals surface area (Å²) in [5, 5.41) is 0. The lowest BCUT2D eigenvalue weighted by Gasteiger charge is -2.14. The van der Waals surface area contributed by atoms with Gasteiger partial charge in [0, 0.05) is 19.8 Å². The zero-order valence-electron chi connectivity index (χ0n) is 11.9. The van der Waals surface area contributed by atoms with Gasteiger partial charge in [-0.15, -0.1) is 0 Å². The van der Waals surface area contributed by atoms with Gasteiger partial charge in [0.05, 0.1) is 0 Å². The van der Waals surface area contributed by atoms with Crippen molar-refractivity contribution in [3.05, 3.63) is 29.8 Å². The summed E-state index contributed by atoms with van der Waals surface area (Å²) in [5.74, 6) is 0.812. The van der Waals surface area contributed by atoms with Gasteiger partial charge in [-0.05, 0) is 30.0 Å². The first-order chi connectivity index (χ1) is 8.13. The van der Waals surface area contributed by atoms with Crippen molar-refractivity contribution in [1.29, 1.82) is 0 Å². The van der Waals surface area contributed by atoms with Crippen LogP contribution in [0.5, 0.6) is 0 Å². The monoisotopic (exact) mass is 233 g/mol. The van der Waals surface area contributed by atoms with E-state index in [1.54, 1.807) is 0 Å². The molecule has 0 radical (unpaired) electrons. The molecular weight excluding hydrogens is 206 g/mol. The van der Waals surface area contributed by atoms with E-state index in [2.05, 4.69) is 57.1 Å². The van der Waals surface area contributed by atoms with Crippen molar-refractivity contribution in [2.75, 3.05) is 19.0 Å². The summed E-state index contributed by atoms with van der Waals surface area (Å²) in [5.41, 5.74) is 2.76. The first-order valence-electron chi connectivity index (χ1n) is 6.89. The minimum atomic E-state index is 0.812. The third-order valence-corrected chi connectivity index (χ3v) is 3.34. The molecule has 1 heteroatoms. The Morgan fingerprint density at radius 2 is 1.71 bits per heavy atom. The lowest BCUT2D eigenvalue weighted by Crippen LogP contribution is -2.08. The van der Waals surface area contributed by atoms with E-state index < -0.39 is 0 Å². The fourth-order valence-electron chi connectivity index (χ4n) is 2.18. The Balaban J connectivity index is 2.40. The molecule has 0 bridgehead atoms. The third-order valence-electron chi connectivity index (χ3n) is 3.34. The molecule has 0 aliphatic rings. The van der Waals surface area contributed by atoms with Gasteiger partial charge in [-0.1, -0.05) is 51.7 Å². The van der Waals surface area contributed by atoms with E-state index in [9.17, 15) is 0 Å². The number of anilines is 1. The molecule has 0 aromatic heterocycles. The highest BCUT2D eigenvalue weighted by atomic mass is 15.1. The molecular formula is C16H27N. The number of unbranched alkanes of at least 4 members (excludes halogenated alkanes) is 2. The van der Waals surface area contributed by atoms with Crippen LogP contribution in [0.1, 0.15) is 45.1 Å². The van der Waals surface area contributed by atoms with Crippen LogP contribution in [0, 0.1) is 5.92 Å². The second-order valence-electron chi connectivity index (χ2n) is 5.37. The standard InChI is InChI=1S/C16H27N/c1-5-6-7-8-14(2)13-15-9-11-16(12-10-15)17(3)4/h9-12,14H,5-8,13H2,1-4H3. The lowest BCUT2D eigenvalue weighted by atomic mass is 9.95. The first kappa shape index (κ1) is 14.1. The molecule has 0 spiro atoms. The van der Waals surface area contributed by atoms with Crippen LogP contribution >= 0.6 is 0 Å². The second-order valence-corrected chi connectivity index (χ2v) is 5.37. The molecule has 1 nitrogen and oxygen atoms in total. The van der Waals surface area contributed by atoms with E-state index in [1.807, 2.05) is 0 Å². The fraction of sp³-hybridized carbons (Fsp3) is 0.625. The molecule has 0 aliphatic heterocycles. The molecule has 0 aliphatic carbocycles. The Bertz CT molecular complexity index is 300. The molecule has 0 amide bonds. The quantitative estimate of drug-likeness (QED) is 0.626. The topological polar surface area (TPSA) is 3.24 Å². The van der Waals surface area contributed by atoms with Crippen molar-refractivity contribution in [2.45, 2.75) is 46.0 Å². The molecule has 1 aromatic carbocycles. The van der Waals surface area contributed by atoms with Gasteiger partial charge in [-0.2, -0.15) is 0 Å². The highest BCUT2D eigenvalue weighted by molar-refractivity contribution is 5.46. The molecule has 0 saturated heterocycles. The van der Waals surface area contributed by atoms with E-state index in [0.717, 1.165) is 5.92 Å². The summed E-state index contributed by atoms with van der Waals surface area (Å²) >= 11 is 0. The lowest BCUT2D eigenvalue weighted by molar-refractivity contribution is 0.493. The number of rotatable bonds is 7. The van der Waals surface area contributed by atoms with Gasteiger partial charge in [0.2, 0.25) is 0 Å². The molecule has 1 atom stereocenters. The Labute approximate surface area is 107 Å². The minimum Gasteiger partial charge on any atom is -0.378 e. The van der Waals surface area contributed by atoms with Gasteiger partial charge in [-0.3, -0.25) is 0 Å².